The van der Waals surface area contributed by atoms with Gasteiger partial charge >= 0.3 is 0 Å². The molecule has 20 heavy (non-hydrogen) atoms. The van der Waals surface area contributed by atoms with Crippen LogP contribution >= 0.6 is 24.8 Å². The molecule has 2 aliphatic heterocycles. The summed E-state index contributed by atoms with van der Waals surface area (Å²) >= 11 is 0. The number of aromatic nitrogens is 3. The lowest BCUT2D eigenvalue weighted by molar-refractivity contribution is 0.0576. The standard InChI is InChI=1S/C13H23N5.2ClH/c1-2-13(3-5-14-6-4-13)10-17(7-1)8-9-18-11-15-16-12-18;;/h11-12,14H,1-10H2;2*1H. The molecule has 0 aliphatic carbocycles. The molecule has 2 aliphatic rings. The Labute approximate surface area is 133 Å². The number of rotatable bonds is 3. The predicted molar refractivity (Wildman–Crippen MR) is 84.7 cm³/mol. The first-order chi connectivity index (χ1) is 8.86. The minimum atomic E-state index is 0. The number of nitrogens with one attached hydrogen (secondary N) is 1. The van der Waals surface area contributed by atoms with Gasteiger partial charge in [0.1, 0.15) is 12.7 Å². The second-order valence-electron chi connectivity index (χ2n) is 5.83. The minimum absolute atomic E-state index is 0. The Morgan fingerprint density at radius 3 is 2.40 bits per heavy atom. The Kier molecular flexibility index (Phi) is 7.23. The van der Waals surface area contributed by atoms with E-state index in [1.807, 2.05) is 12.7 Å². The van der Waals surface area contributed by atoms with Gasteiger partial charge in [0, 0.05) is 19.6 Å². The summed E-state index contributed by atoms with van der Waals surface area (Å²) in [6.45, 7) is 7.11. The fourth-order valence-corrected chi connectivity index (χ4v) is 3.46. The highest BCUT2D eigenvalue weighted by atomic mass is 35.5. The molecule has 5 nitrogen and oxygen atoms in total. The van der Waals surface area contributed by atoms with Crippen LogP contribution in [0.4, 0.5) is 0 Å². The van der Waals surface area contributed by atoms with Crippen LogP contribution in [-0.4, -0.2) is 52.4 Å². The summed E-state index contributed by atoms with van der Waals surface area (Å²) in [6.07, 6.45) is 9.13. The Balaban J connectivity index is 0.000001000. The van der Waals surface area contributed by atoms with Crippen LogP contribution in [0.15, 0.2) is 12.7 Å². The molecule has 7 heteroatoms. The van der Waals surface area contributed by atoms with Crippen LogP contribution in [0.3, 0.4) is 0 Å². The fourth-order valence-electron chi connectivity index (χ4n) is 3.46. The second-order valence-corrected chi connectivity index (χ2v) is 5.83. The van der Waals surface area contributed by atoms with Crippen molar-refractivity contribution in [2.75, 3.05) is 32.7 Å². The molecule has 1 aromatic heterocycles. The lowest BCUT2D eigenvalue weighted by atomic mass is 9.73. The first-order valence-corrected chi connectivity index (χ1v) is 7.12. The van der Waals surface area contributed by atoms with Gasteiger partial charge in [0.25, 0.3) is 0 Å². The van der Waals surface area contributed by atoms with E-state index in [1.165, 1.54) is 51.9 Å². The number of nitrogens with zero attached hydrogens (tertiary/aromatic N) is 4. The van der Waals surface area contributed by atoms with E-state index < -0.39 is 0 Å². The van der Waals surface area contributed by atoms with Gasteiger partial charge in [0.15, 0.2) is 0 Å². The first kappa shape index (κ1) is 17.7. The van der Waals surface area contributed by atoms with Crippen molar-refractivity contribution >= 4 is 24.8 Å². The third kappa shape index (κ3) is 4.32. The van der Waals surface area contributed by atoms with Gasteiger partial charge in [0.2, 0.25) is 0 Å². The van der Waals surface area contributed by atoms with Gasteiger partial charge in [0.05, 0.1) is 0 Å². The summed E-state index contributed by atoms with van der Waals surface area (Å²) in [5.41, 5.74) is 0.608. The number of hydrogen-bond acceptors (Lipinski definition) is 4. The van der Waals surface area contributed by atoms with Gasteiger partial charge in [-0.25, -0.2) is 0 Å². The summed E-state index contributed by atoms with van der Waals surface area (Å²) in [6, 6.07) is 0. The van der Waals surface area contributed by atoms with Crippen molar-refractivity contribution in [2.45, 2.75) is 32.2 Å². The molecule has 0 atom stereocenters. The molecular weight excluding hydrogens is 297 g/mol. The molecule has 1 spiro atoms. The third-order valence-electron chi connectivity index (χ3n) is 4.55. The highest BCUT2D eigenvalue weighted by Crippen LogP contribution is 2.37. The Bertz CT molecular complexity index is 359. The maximum absolute atomic E-state index is 3.86. The lowest BCUT2D eigenvalue weighted by Crippen LogP contribution is -2.49. The number of likely N-dealkylation sites (tertiary alicyclic amines) is 1. The molecule has 2 saturated heterocycles. The molecule has 116 valence electrons. The van der Waals surface area contributed by atoms with E-state index in [2.05, 4.69) is 25.0 Å². The average Bonchev–Trinajstić information content (AvgIpc) is 2.91. The fraction of sp³-hybridized carbons (Fsp3) is 0.846. The van der Waals surface area contributed by atoms with Gasteiger partial charge in [-0.05, 0) is 50.7 Å². The van der Waals surface area contributed by atoms with Crippen molar-refractivity contribution in [3.63, 3.8) is 0 Å². The first-order valence-electron chi connectivity index (χ1n) is 7.12. The predicted octanol–water partition coefficient (Wildman–Crippen LogP) is 1.59. The molecule has 0 saturated carbocycles. The van der Waals surface area contributed by atoms with E-state index >= 15 is 0 Å². The zero-order valence-electron chi connectivity index (χ0n) is 11.8. The zero-order valence-corrected chi connectivity index (χ0v) is 13.5. The van der Waals surface area contributed by atoms with Crippen LogP contribution in [-0.2, 0) is 6.54 Å². The molecular formula is C13H25Cl2N5. The van der Waals surface area contributed by atoms with E-state index in [9.17, 15) is 0 Å². The van der Waals surface area contributed by atoms with Crippen LogP contribution in [0, 0.1) is 5.41 Å². The van der Waals surface area contributed by atoms with Gasteiger partial charge in [-0.2, -0.15) is 0 Å². The molecule has 3 rings (SSSR count). The van der Waals surface area contributed by atoms with Gasteiger partial charge in [-0.1, -0.05) is 0 Å². The average molecular weight is 322 g/mol. The Morgan fingerprint density at radius 1 is 1.00 bits per heavy atom. The Hall–Kier alpha value is -0.360. The molecule has 0 aromatic carbocycles. The normalized spacial score (nSPS) is 22.0. The van der Waals surface area contributed by atoms with Crippen LogP contribution in [0.25, 0.3) is 0 Å². The van der Waals surface area contributed by atoms with Crippen molar-refractivity contribution in [1.82, 2.24) is 25.0 Å². The molecule has 0 radical (unpaired) electrons. The van der Waals surface area contributed by atoms with Crippen LogP contribution < -0.4 is 5.32 Å². The van der Waals surface area contributed by atoms with E-state index in [0.717, 1.165) is 13.1 Å². The van der Waals surface area contributed by atoms with Gasteiger partial charge < -0.3 is 14.8 Å². The molecule has 2 fully saturated rings. The van der Waals surface area contributed by atoms with Gasteiger partial charge in [-0.3, -0.25) is 0 Å². The van der Waals surface area contributed by atoms with E-state index in [0.29, 0.717) is 5.41 Å². The maximum atomic E-state index is 3.86. The Morgan fingerprint density at radius 2 is 1.70 bits per heavy atom. The topological polar surface area (TPSA) is 46.0 Å². The van der Waals surface area contributed by atoms with Crippen molar-refractivity contribution in [2.24, 2.45) is 5.41 Å². The van der Waals surface area contributed by atoms with Crippen LogP contribution in [0.2, 0.25) is 0 Å². The molecule has 0 unspecified atom stereocenters. The summed E-state index contributed by atoms with van der Waals surface area (Å²) < 4.78 is 2.07. The summed E-state index contributed by atoms with van der Waals surface area (Å²) in [7, 11) is 0. The third-order valence-corrected chi connectivity index (χ3v) is 4.55. The maximum Gasteiger partial charge on any atom is 0.119 e. The highest BCUT2D eigenvalue weighted by molar-refractivity contribution is 5.85. The second kappa shape index (κ2) is 8.17. The monoisotopic (exact) mass is 321 g/mol. The SMILES string of the molecule is Cl.Cl.c1nncn1CCN1CCCC2(CCNCC2)C1. The molecule has 0 amide bonds. The van der Waals surface area contributed by atoms with Crippen molar-refractivity contribution in [1.29, 1.82) is 0 Å². The largest absolute Gasteiger partial charge is 0.319 e. The number of piperidine rings is 2. The quantitative estimate of drug-likeness (QED) is 0.918. The minimum Gasteiger partial charge on any atom is -0.319 e. The van der Waals surface area contributed by atoms with E-state index in [-0.39, 0.29) is 24.8 Å². The van der Waals surface area contributed by atoms with Crippen LogP contribution in [0.5, 0.6) is 0 Å². The molecule has 3 heterocycles. The number of hydrogen-bond donors (Lipinski definition) is 1. The van der Waals surface area contributed by atoms with E-state index in [1.54, 1.807) is 0 Å². The zero-order chi connectivity index (χ0) is 12.3. The van der Waals surface area contributed by atoms with Gasteiger partial charge in [-0.15, -0.1) is 35.0 Å². The summed E-state index contributed by atoms with van der Waals surface area (Å²) in [5, 5.41) is 11.2. The van der Waals surface area contributed by atoms with Crippen molar-refractivity contribution in [3.05, 3.63) is 12.7 Å². The highest BCUT2D eigenvalue weighted by Gasteiger charge is 2.36. The lowest BCUT2D eigenvalue weighted by Gasteiger charge is -2.45. The summed E-state index contributed by atoms with van der Waals surface area (Å²) in [5.74, 6) is 0. The summed E-state index contributed by atoms with van der Waals surface area (Å²) in [4.78, 5) is 2.63. The van der Waals surface area contributed by atoms with Crippen molar-refractivity contribution < 1.29 is 0 Å². The van der Waals surface area contributed by atoms with Crippen molar-refractivity contribution in [3.8, 4) is 0 Å². The number of halogens is 2. The molecule has 1 N–H and O–H groups in total. The molecule has 0 bridgehead atoms. The molecule has 1 aromatic rings. The van der Waals surface area contributed by atoms with Crippen LogP contribution in [0.1, 0.15) is 25.7 Å². The van der Waals surface area contributed by atoms with E-state index in [4.69, 9.17) is 0 Å². The smallest absolute Gasteiger partial charge is 0.119 e.